The number of nitrogens with one attached hydrogen (secondary N) is 2. The van der Waals surface area contributed by atoms with Crippen molar-refractivity contribution in [2.24, 2.45) is 0 Å². The number of hydrogen-bond acceptors (Lipinski definition) is 3. The molecule has 0 aliphatic heterocycles. The minimum absolute atomic E-state index is 0.0238. The van der Waals surface area contributed by atoms with Gasteiger partial charge in [-0.1, -0.05) is 12.1 Å². The highest BCUT2D eigenvalue weighted by Crippen LogP contribution is 2.11. The molecule has 1 aromatic heterocycles. The SMILES string of the molecule is CCn1ccnc1CNc1ccc(CC(=O)NC)cc1. The van der Waals surface area contributed by atoms with Crippen LogP contribution in [0.2, 0.25) is 0 Å². The zero-order valence-electron chi connectivity index (χ0n) is 11.9. The average molecular weight is 272 g/mol. The third-order valence-electron chi connectivity index (χ3n) is 3.19. The quantitative estimate of drug-likeness (QED) is 0.843. The Morgan fingerprint density at radius 3 is 2.70 bits per heavy atom. The number of nitrogens with zero attached hydrogens (tertiary/aromatic N) is 2. The molecule has 1 amide bonds. The van der Waals surface area contributed by atoms with Gasteiger partial charge in [0.05, 0.1) is 13.0 Å². The normalized spacial score (nSPS) is 10.3. The minimum Gasteiger partial charge on any atom is -0.378 e. The lowest BCUT2D eigenvalue weighted by Gasteiger charge is -2.08. The molecule has 2 N–H and O–H groups in total. The van der Waals surface area contributed by atoms with Crippen molar-refractivity contribution in [1.82, 2.24) is 14.9 Å². The van der Waals surface area contributed by atoms with Gasteiger partial charge in [-0.2, -0.15) is 0 Å². The molecule has 0 fully saturated rings. The summed E-state index contributed by atoms with van der Waals surface area (Å²) < 4.78 is 2.10. The fourth-order valence-electron chi connectivity index (χ4n) is 1.99. The number of anilines is 1. The Morgan fingerprint density at radius 1 is 1.30 bits per heavy atom. The number of amides is 1. The third-order valence-corrected chi connectivity index (χ3v) is 3.19. The van der Waals surface area contributed by atoms with Crippen molar-refractivity contribution in [3.63, 3.8) is 0 Å². The van der Waals surface area contributed by atoms with Crippen LogP contribution in [-0.2, 0) is 24.3 Å². The number of imidazole rings is 1. The maximum absolute atomic E-state index is 11.3. The fraction of sp³-hybridized carbons (Fsp3) is 0.333. The molecular weight excluding hydrogens is 252 g/mol. The standard InChI is InChI=1S/C15H20N4O/c1-3-19-9-8-17-14(19)11-18-13-6-4-12(5-7-13)10-15(20)16-2/h4-9,18H,3,10-11H2,1-2H3,(H,16,20). The van der Waals surface area contributed by atoms with Gasteiger partial charge in [-0.05, 0) is 24.6 Å². The van der Waals surface area contributed by atoms with Crippen molar-refractivity contribution >= 4 is 11.6 Å². The molecule has 2 aromatic rings. The summed E-state index contributed by atoms with van der Waals surface area (Å²) in [6.07, 6.45) is 4.20. The van der Waals surface area contributed by atoms with E-state index in [1.54, 1.807) is 7.05 Å². The van der Waals surface area contributed by atoms with Crippen LogP contribution >= 0.6 is 0 Å². The molecule has 0 atom stereocenters. The molecule has 5 heteroatoms. The van der Waals surface area contributed by atoms with Gasteiger partial charge in [0.2, 0.25) is 5.91 Å². The number of hydrogen-bond donors (Lipinski definition) is 2. The van der Waals surface area contributed by atoms with Gasteiger partial charge in [-0.15, -0.1) is 0 Å². The van der Waals surface area contributed by atoms with Gasteiger partial charge >= 0.3 is 0 Å². The molecular formula is C15H20N4O. The maximum Gasteiger partial charge on any atom is 0.224 e. The molecule has 0 spiro atoms. The van der Waals surface area contributed by atoms with Gasteiger partial charge in [0, 0.05) is 31.7 Å². The molecule has 1 aromatic carbocycles. The highest BCUT2D eigenvalue weighted by atomic mass is 16.1. The van der Waals surface area contributed by atoms with Crippen LogP contribution in [0.1, 0.15) is 18.3 Å². The topological polar surface area (TPSA) is 59.0 Å². The van der Waals surface area contributed by atoms with Crippen LogP contribution in [0.4, 0.5) is 5.69 Å². The van der Waals surface area contributed by atoms with E-state index in [0.717, 1.165) is 23.6 Å². The first-order valence-corrected chi connectivity index (χ1v) is 6.76. The first kappa shape index (κ1) is 14.1. The predicted molar refractivity (Wildman–Crippen MR) is 79.4 cm³/mol. The molecule has 0 saturated carbocycles. The van der Waals surface area contributed by atoms with Crippen LogP contribution in [0.5, 0.6) is 0 Å². The number of aryl methyl sites for hydroxylation is 1. The van der Waals surface area contributed by atoms with Gasteiger partial charge in [0.25, 0.3) is 0 Å². The monoisotopic (exact) mass is 272 g/mol. The van der Waals surface area contributed by atoms with Crippen LogP contribution < -0.4 is 10.6 Å². The number of carbonyl (C=O) groups excluding carboxylic acids is 1. The molecule has 0 radical (unpaired) electrons. The summed E-state index contributed by atoms with van der Waals surface area (Å²) in [6.45, 7) is 3.70. The molecule has 2 rings (SSSR count). The number of carbonyl (C=O) groups is 1. The first-order chi connectivity index (χ1) is 9.72. The van der Waals surface area contributed by atoms with Crippen molar-refractivity contribution in [3.05, 3.63) is 48.0 Å². The van der Waals surface area contributed by atoms with E-state index in [2.05, 4.69) is 27.1 Å². The van der Waals surface area contributed by atoms with Crippen molar-refractivity contribution in [2.45, 2.75) is 26.4 Å². The number of aromatic nitrogens is 2. The van der Waals surface area contributed by atoms with E-state index in [-0.39, 0.29) is 5.91 Å². The van der Waals surface area contributed by atoms with Crippen molar-refractivity contribution < 1.29 is 4.79 Å². The summed E-state index contributed by atoms with van der Waals surface area (Å²) in [5.74, 6) is 1.04. The lowest BCUT2D eigenvalue weighted by Crippen LogP contribution is -2.19. The smallest absolute Gasteiger partial charge is 0.224 e. The average Bonchev–Trinajstić information content (AvgIpc) is 2.94. The number of rotatable bonds is 6. The molecule has 20 heavy (non-hydrogen) atoms. The first-order valence-electron chi connectivity index (χ1n) is 6.76. The lowest BCUT2D eigenvalue weighted by atomic mass is 10.1. The zero-order chi connectivity index (χ0) is 14.4. The van der Waals surface area contributed by atoms with E-state index in [4.69, 9.17) is 0 Å². The Hall–Kier alpha value is -2.30. The molecule has 0 bridgehead atoms. The fourth-order valence-corrected chi connectivity index (χ4v) is 1.99. The summed E-state index contributed by atoms with van der Waals surface area (Å²) in [6, 6.07) is 7.89. The van der Waals surface area contributed by atoms with Crippen LogP contribution in [0.25, 0.3) is 0 Å². The predicted octanol–water partition coefficient (Wildman–Crippen LogP) is 1.80. The summed E-state index contributed by atoms with van der Waals surface area (Å²) in [5, 5.41) is 5.95. The highest BCUT2D eigenvalue weighted by Gasteiger charge is 2.02. The van der Waals surface area contributed by atoms with E-state index in [1.807, 2.05) is 36.7 Å². The van der Waals surface area contributed by atoms with Gasteiger partial charge in [0.1, 0.15) is 5.82 Å². The summed E-state index contributed by atoms with van der Waals surface area (Å²) in [7, 11) is 1.65. The molecule has 1 heterocycles. The Kier molecular flexibility index (Phi) is 4.76. The summed E-state index contributed by atoms with van der Waals surface area (Å²) in [5.41, 5.74) is 2.03. The van der Waals surface area contributed by atoms with Gasteiger partial charge in [0.15, 0.2) is 0 Å². The summed E-state index contributed by atoms with van der Waals surface area (Å²) >= 11 is 0. The number of likely N-dealkylation sites (N-methyl/N-ethyl adjacent to an activating group) is 1. The van der Waals surface area contributed by atoms with E-state index in [0.29, 0.717) is 13.0 Å². The van der Waals surface area contributed by atoms with Crippen LogP contribution in [0, 0.1) is 0 Å². The Morgan fingerprint density at radius 2 is 2.05 bits per heavy atom. The van der Waals surface area contributed by atoms with Crippen molar-refractivity contribution in [1.29, 1.82) is 0 Å². The van der Waals surface area contributed by atoms with Crippen molar-refractivity contribution in [2.75, 3.05) is 12.4 Å². The second-order valence-corrected chi connectivity index (χ2v) is 4.53. The Labute approximate surface area is 119 Å². The van der Waals surface area contributed by atoms with Crippen LogP contribution in [0.15, 0.2) is 36.7 Å². The highest BCUT2D eigenvalue weighted by molar-refractivity contribution is 5.78. The van der Waals surface area contributed by atoms with E-state index in [9.17, 15) is 4.79 Å². The van der Waals surface area contributed by atoms with E-state index < -0.39 is 0 Å². The Bertz CT molecular complexity index is 560. The minimum atomic E-state index is 0.0238. The zero-order valence-corrected chi connectivity index (χ0v) is 11.9. The molecule has 0 unspecified atom stereocenters. The van der Waals surface area contributed by atoms with Gasteiger partial charge < -0.3 is 15.2 Å². The molecule has 5 nitrogen and oxygen atoms in total. The number of benzene rings is 1. The molecule has 0 aliphatic rings. The van der Waals surface area contributed by atoms with Crippen molar-refractivity contribution in [3.8, 4) is 0 Å². The lowest BCUT2D eigenvalue weighted by molar-refractivity contribution is -0.119. The van der Waals surface area contributed by atoms with Gasteiger partial charge in [-0.3, -0.25) is 4.79 Å². The maximum atomic E-state index is 11.3. The molecule has 0 aliphatic carbocycles. The molecule has 106 valence electrons. The van der Waals surface area contributed by atoms with E-state index >= 15 is 0 Å². The third kappa shape index (κ3) is 3.60. The Balaban J connectivity index is 1.92. The molecule has 0 saturated heterocycles. The van der Waals surface area contributed by atoms with E-state index in [1.165, 1.54) is 0 Å². The largest absolute Gasteiger partial charge is 0.378 e. The van der Waals surface area contributed by atoms with Crippen LogP contribution in [-0.4, -0.2) is 22.5 Å². The van der Waals surface area contributed by atoms with Crippen LogP contribution in [0.3, 0.4) is 0 Å². The second kappa shape index (κ2) is 6.75. The second-order valence-electron chi connectivity index (χ2n) is 4.53. The summed E-state index contributed by atoms with van der Waals surface area (Å²) in [4.78, 5) is 15.6. The van der Waals surface area contributed by atoms with Gasteiger partial charge in [-0.25, -0.2) is 4.98 Å².